The van der Waals surface area contributed by atoms with Crippen molar-refractivity contribution < 1.29 is 4.79 Å². The highest BCUT2D eigenvalue weighted by molar-refractivity contribution is 5.82. The Morgan fingerprint density at radius 3 is 2.92 bits per heavy atom. The molecule has 0 spiro atoms. The third-order valence-corrected chi connectivity index (χ3v) is 2.97. The molecule has 0 bridgehead atoms. The first kappa shape index (κ1) is 10.3. The molecule has 1 aliphatic rings. The van der Waals surface area contributed by atoms with E-state index in [1.54, 1.807) is 0 Å². The second-order valence-corrected chi connectivity index (χ2v) is 3.84. The Morgan fingerprint density at radius 2 is 2.31 bits per heavy atom. The Labute approximate surface area is 80.9 Å². The molecule has 0 saturated heterocycles. The zero-order valence-electron chi connectivity index (χ0n) is 8.60. The van der Waals surface area contributed by atoms with Crippen LogP contribution in [-0.4, -0.2) is 5.78 Å². The van der Waals surface area contributed by atoms with E-state index in [-0.39, 0.29) is 5.92 Å². The van der Waals surface area contributed by atoms with Crippen LogP contribution in [-0.2, 0) is 4.79 Å². The lowest BCUT2D eigenvalue weighted by atomic mass is 9.78. The summed E-state index contributed by atoms with van der Waals surface area (Å²) in [5, 5.41) is 0. The molecule has 0 radical (unpaired) electrons. The zero-order chi connectivity index (χ0) is 9.68. The molecule has 0 amide bonds. The highest BCUT2D eigenvalue weighted by Gasteiger charge is 2.26. The first-order valence-electron chi connectivity index (χ1n) is 5.20. The molecule has 1 aliphatic carbocycles. The van der Waals surface area contributed by atoms with E-state index < -0.39 is 0 Å². The van der Waals surface area contributed by atoms with Gasteiger partial charge in [-0.05, 0) is 25.7 Å². The summed E-state index contributed by atoms with van der Waals surface area (Å²) in [5.74, 6) is 7.33. The van der Waals surface area contributed by atoms with Crippen molar-refractivity contribution in [3.63, 3.8) is 0 Å². The molecule has 0 aromatic carbocycles. The van der Waals surface area contributed by atoms with Gasteiger partial charge in [-0.3, -0.25) is 4.79 Å². The van der Waals surface area contributed by atoms with Crippen LogP contribution < -0.4 is 0 Å². The molecule has 0 aromatic rings. The molecule has 2 atom stereocenters. The minimum atomic E-state index is 0.242. The summed E-state index contributed by atoms with van der Waals surface area (Å²) in [6, 6.07) is 0. The zero-order valence-corrected chi connectivity index (χ0v) is 8.60. The predicted molar refractivity (Wildman–Crippen MR) is 54.2 cm³/mol. The topological polar surface area (TPSA) is 17.1 Å². The van der Waals surface area contributed by atoms with Crippen LogP contribution in [0.1, 0.15) is 46.0 Å². The van der Waals surface area contributed by atoms with Gasteiger partial charge in [-0.25, -0.2) is 0 Å². The molecule has 2 unspecified atom stereocenters. The maximum Gasteiger partial charge on any atom is 0.136 e. The van der Waals surface area contributed by atoms with Crippen molar-refractivity contribution in [2.45, 2.75) is 46.0 Å². The fourth-order valence-corrected chi connectivity index (χ4v) is 2.00. The average Bonchev–Trinajstić information content (AvgIpc) is 2.17. The Hall–Kier alpha value is -0.770. The van der Waals surface area contributed by atoms with Gasteiger partial charge in [0.15, 0.2) is 0 Å². The molecular weight excluding hydrogens is 160 g/mol. The van der Waals surface area contributed by atoms with E-state index in [0.717, 1.165) is 31.6 Å². The van der Waals surface area contributed by atoms with E-state index in [1.165, 1.54) is 6.42 Å². The summed E-state index contributed by atoms with van der Waals surface area (Å²) in [4.78, 5) is 11.5. The molecule has 1 rings (SSSR count). The fraction of sp³-hybridized carbons (Fsp3) is 0.750. The van der Waals surface area contributed by atoms with Gasteiger partial charge < -0.3 is 0 Å². The van der Waals surface area contributed by atoms with Gasteiger partial charge in [0.2, 0.25) is 0 Å². The monoisotopic (exact) mass is 178 g/mol. The van der Waals surface area contributed by atoms with E-state index in [4.69, 9.17) is 0 Å². The summed E-state index contributed by atoms with van der Waals surface area (Å²) >= 11 is 0. The Kier molecular flexibility index (Phi) is 4.02. The third-order valence-electron chi connectivity index (χ3n) is 2.97. The van der Waals surface area contributed by atoms with Gasteiger partial charge in [0.25, 0.3) is 0 Å². The lowest BCUT2D eigenvalue weighted by molar-refractivity contribution is -0.125. The van der Waals surface area contributed by atoms with Gasteiger partial charge in [0.05, 0.1) is 0 Å². The minimum Gasteiger partial charge on any atom is -0.299 e. The number of hydrogen-bond acceptors (Lipinski definition) is 1. The van der Waals surface area contributed by atoms with Crippen molar-refractivity contribution in [2.75, 3.05) is 0 Å². The molecule has 0 heterocycles. The molecule has 1 nitrogen and oxygen atoms in total. The van der Waals surface area contributed by atoms with Crippen molar-refractivity contribution >= 4 is 5.78 Å². The first-order chi connectivity index (χ1) is 6.27. The quantitative estimate of drug-likeness (QED) is 0.594. The summed E-state index contributed by atoms with van der Waals surface area (Å²) in [7, 11) is 0. The van der Waals surface area contributed by atoms with E-state index in [1.807, 2.05) is 6.92 Å². The first-order valence-corrected chi connectivity index (χ1v) is 5.20. The highest BCUT2D eigenvalue weighted by atomic mass is 16.1. The maximum atomic E-state index is 11.5. The lowest BCUT2D eigenvalue weighted by Crippen LogP contribution is -2.24. The minimum absolute atomic E-state index is 0.242. The third kappa shape index (κ3) is 2.88. The number of carbonyl (C=O) groups is 1. The number of rotatable bonds is 2. The Morgan fingerprint density at radius 1 is 1.54 bits per heavy atom. The van der Waals surface area contributed by atoms with E-state index in [2.05, 4.69) is 18.8 Å². The van der Waals surface area contributed by atoms with Crippen LogP contribution in [0, 0.1) is 23.7 Å². The smallest absolute Gasteiger partial charge is 0.136 e. The number of Topliss-reactive ketones (excluding diaryl/α,β-unsaturated/α-hetero) is 1. The molecule has 72 valence electrons. The number of hydrogen-bond donors (Lipinski definition) is 0. The van der Waals surface area contributed by atoms with Crippen molar-refractivity contribution in [1.82, 2.24) is 0 Å². The lowest BCUT2D eigenvalue weighted by Gasteiger charge is -2.25. The largest absolute Gasteiger partial charge is 0.299 e. The van der Waals surface area contributed by atoms with E-state index >= 15 is 0 Å². The van der Waals surface area contributed by atoms with Crippen LogP contribution in [0.5, 0.6) is 0 Å². The van der Waals surface area contributed by atoms with Gasteiger partial charge in [0.1, 0.15) is 5.78 Å². The second-order valence-electron chi connectivity index (χ2n) is 3.84. The van der Waals surface area contributed by atoms with E-state index in [9.17, 15) is 4.79 Å². The van der Waals surface area contributed by atoms with Gasteiger partial charge in [-0.1, -0.05) is 13.3 Å². The van der Waals surface area contributed by atoms with Gasteiger partial charge in [-0.15, -0.1) is 11.8 Å². The van der Waals surface area contributed by atoms with Crippen LogP contribution >= 0.6 is 0 Å². The molecule has 13 heavy (non-hydrogen) atoms. The maximum absolute atomic E-state index is 11.5. The molecule has 1 fully saturated rings. The Balaban J connectivity index is 2.48. The highest BCUT2D eigenvalue weighted by Crippen LogP contribution is 2.30. The SMILES string of the molecule is CC#CCC1CC(CC)CCC1=O. The van der Waals surface area contributed by atoms with Crippen molar-refractivity contribution in [3.05, 3.63) is 0 Å². The van der Waals surface area contributed by atoms with Gasteiger partial charge in [0, 0.05) is 18.8 Å². The van der Waals surface area contributed by atoms with Crippen molar-refractivity contribution in [3.8, 4) is 11.8 Å². The molecule has 0 N–H and O–H groups in total. The average molecular weight is 178 g/mol. The number of ketones is 1. The van der Waals surface area contributed by atoms with Crippen LogP contribution in [0.4, 0.5) is 0 Å². The van der Waals surface area contributed by atoms with E-state index in [0.29, 0.717) is 5.78 Å². The van der Waals surface area contributed by atoms with Gasteiger partial charge in [-0.2, -0.15) is 0 Å². The van der Waals surface area contributed by atoms with Crippen molar-refractivity contribution in [2.24, 2.45) is 11.8 Å². The predicted octanol–water partition coefficient (Wildman–Crippen LogP) is 2.80. The standard InChI is InChI=1S/C12H18O/c1-3-5-6-11-9-10(4-2)7-8-12(11)13/h10-11H,4,6-9H2,1-2H3. The van der Waals surface area contributed by atoms with Crippen LogP contribution in [0.3, 0.4) is 0 Å². The molecule has 1 saturated carbocycles. The van der Waals surface area contributed by atoms with Crippen molar-refractivity contribution in [1.29, 1.82) is 0 Å². The van der Waals surface area contributed by atoms with Gasteiger partial charge >= 0.3 is 0 Å². The van der Waals surface area contributed by atoms with Crippen LogP contribution in [0.25, 0.3) is 0 Å². The molecule has 0 aromatic heterocycles. The normalized spacial score (nSPS) is 28.0. The van der Waals surface area contributed by atoms with Crippen LogP contribution in [0.15, 0.2) is 0 Å². The number of carbonyl (C=O) groups excluding carboxylic acids is 1. The summed E-state index contributed by atoms with van der Waals surface area (Å²) in [5.41, 5.74) is 0. The summed E-state index contributed by atoms with van der Waals surface area (Å²) < 4.78 is 0. The summed E-state index contributed by atoms with van der Waals surface area (Å²) in [6.45, 7) is 4.05. The summed E-state index contributed by atoms with van der Waals surface area (Å²) in [6.07, 6.45) is 4.96. The van der Waals surface area contributed by atoms with Crippen LogP contribution in [0.2, 0.25) is 0 Å². The molecular formula is C12H18O. The Bertz CT molecular complexity index is 231. The molecule has 1 heteroatoms. The molecule has 0 aliphatic heterocycles. The second kappa shape index (κ2) is 5.07. The fourth-order valence-electron chi connectivity index (χ4n) is 2.00.